The number of halogens is 3. The second kappa shape index (κ2) is 11.2. The summed E-state index contributed by atoms with van der Waals surface area (Å²) < 4.78 is 67.0. The lowest BCUT2D eigenvalue weighted by Crippen LogP contribution is -2.62. The van der Waals surface area contributed by atoms with Crippen LogP contribution in [0.1, 0.15) is 54.0 Å². The summed E-state index contributed by atoms with van der Waals surface area (Å²) >= 11 is 0. The first kappa shape index (κ1) is 29.6. The molecule has 0 aromatic heterocycles. The zero-order valence-electron chi connectivity index (χ0n) is 21.5. The molecule has 1 aliphatic heterocycles. The van der Waals surface area contributed by atoms with Crippen molar-refractivity contribution in [2.24, 2.45) is 10.8 Å². The van der Waals surface area contributed by atoms with E-state index < -0.39 is 65.5 Å². The lowest BCUT2D eigenvalue weighted by molar-refractivity contribution is -0.297. The van der Waals surface area contributed by atoms with Gasteiger partial charge < -0.3 is 23.7 Å². The Morgan fingerprint density at radius 3 is 1.83 bits per heavy atom. The molecule has 0 radical (unpaired) electrons. The van der Waals surface area contributed by atoms with Crippen molar-refractivity contribution in [1.29, 1.82) is 5.41 Å². The van der Waals surface area contributed by atoms with Gasteiger partial charge in [0, 0.05) is 0 Å². The van der Waals surface area contributed by atoms with Gasteiger partial charge in [0.1, 0.15) is 0 Å². The van der Waals surface area contributed by atoms with Crippen molar-refractivity contribution < 1.29 is 46.4 Å². The van der Waals surface area contributed by atoms with Gasteiger partial charge in [-0.1, -0.05) is 30.3 Å². The predicted octanol–water partition coefficient (Wildman–Crippen LogP) is 4.79. The zero-order valence-corrected chi connectivity index (χ0v) is 21.5. The van der Waals surface area contributed by atoms with E-state index in [0.29, 0.717) is 5.56 Å². The third kappa shape index (κ3) is 7.92. The number of benzene rings is 1. The lowest BCUT2D eigenvalue weighted by atomic mass is 9.94. The molecule has 1 heterocycles. The topological polar surface area (TPSA) is 104 Å². The van der Waals surface area contributed by atoms with Crippen LogP contribution in [0, 0.1) is 16.2 Å². The maximum atomic E-state index is 13.1. The smallest absolute Gasteiger partial charge is 0.455 e. The van der Waals surface area contributed by atoms with E-state index in [1.807, 2.05) is 0 Å². The lowest BCUT2D eigenvalue weighted by Gasteiger charge is -2.45. The molecule has 1 fully saturated rings. The molecule has 1 saturated heterocycles. The monoisotopic (exact) mass is 517 g/mol. The molecule has 0 amide bonds. The van der Waals surface area contributed by atoms with Gasteiger partial charge in [-0.2, -0.15) is 13.2 Å². The average molecular weight is 518 g/mol. The van der Waals surface area contributed by atoms with Crippen LogP contribution >= 0.6 is 0 Å². The minimum atomic E-state index is -5.08. The standard InChI is InChI=1S/C25H34F3NO7/c1-14-16(34-21(30)23(2,3)4)17(35-22(31)24(5,6)7)18(32-13-15-11-9-8-10-12-15)19(33-14)36-20(29)25(26,27)28/h8-12,14,16-19,29H,13H2,1-7H3/t14-,16+,17+,18-,19?/m0/s1. The molecule has 1 N–H and O–H groups in total. The fraction of sp³-hybridized carbons (Fsp3) is 0.640. The highest BCUT2D eigenvalue weighted by molar-refractivity contribution is 5.79. The number of hydrogen-bond donors (Lipinski definition) is 1. The fourth-order valence-corrected chi connectivity index (χ4v) is 3.09. The molecule has 36 heavy (non-hydrogen) atoms. The SMILES string of the molecule is C[C@@H]1OC(OC(=N)C(F)(F)F)[C@@H](OCc2ccccc2)[C@H](OC(=O)C(C)(C)C)[C@@H]1OC(=O)C(C)(C)C. The van der Waals surface area contributed by atoms with Gasteiger partial charge in [0.05, 0.1) is 23.5 Å². The molecule has 0 saturated carbocycles. The van der Waals surface area contributed by atoms with E-state index in [-0.39, 0.29) is 6.61 Å². The summed E-state index contributed by atoms with van der Waals surface area (Å²) in [6, 6.07) is 8.73. The van der Waals surface area contributed by atoms with Crippen LogP contribution < -0.4 is 0 Å². The zero-order chi connectivity index (χ0) is 27.5. The highest BCUT2D eigenvalue weighted by atomic mass is 19.4. The molecular formula is C25H34F3NO7. The molecule has 0 spiro atoms. The van der Waals surface area contributed by atoms with E-state index in [1.165, 1.54) is 6.92 Å². The summed E-state index contributed by atoms with van der Waals surface area (Å²) in [7, 11) is 0. The van der Waals surface area contributed by atoms with Gasteiger partial charge in [0.2, 0.25) is 6.29 Å². The third-order valence-electron chi connectivity index (χ3n) is 5.22. The Kier molecular flexibility index (Phi) is 9.17. The van der Waals surface area contributed by atoms with Crippen molar-refractivity contribution in [1.82, 2.24) is 0 Å². The molecule has 5 atom stereocenters. The number of hydrogen-bond acceptors (Lipinski definition) is 8. The van der Waals surface area contributed by atoms with Crippen LogP contribution in [-0.4, -0.2) is 54.7 Å². The molecule has 8 nitrogen and oxygen atoms in total. The van der Waals surface area contributed by atoms with E-state index in [4.69, 9.17) is 29.1 Å². The van der Waals surface area contributed by atoms with Crippen LogP contribution in [0.5, 0.6) is 0 Å². The van der Waals surface area contributed by atoms with Crippen LogP contribution in [0.2, 0.25) is 0 Å². The Hall–Kier alpha value is -2.66. The van der Waals surface area contributed by atoms with Crippen molar-refractivity contribution >= 4 is 17.8 Å². The minimum absolute atomic E-state index is 0.105. The number of nitrogens with one attached hydrogen (secondary N) is 1. The van der Waals surface area contributed by atoms with Crippen molar-refractivity contribution in [3.8, 4) is 0 Å². The Morgan fingerprint density at radius 2 is 1.36 bits per heavy atom. The maximum absolute atomic E-state index is 13.1. The van der Waals surface area contributed by atoms with Crippen molar-refractivity contribution in [2.75, 3.05) is 0 Å². The molecule has 202 valence electrons. The van der Waals surface area contributed by atoms with Gasteiger partial charge in [-0.05, 0) is 54.0 Å². The van der Waals surface area contributed by atoms with Gasteiger partial charge >= 0.3 is 18.1 Å². The Morgan fingerprint density at radius 1 is 0.861 bits per heavy atom. The highest BCUT2D eigenvalue weighted by Crippen LogP contribution is 2.34. The quantitative estimate of drug-likeness (QED) is 0.329. The molecule has 1 aromatic carbocycles. The van der Waals surface area contributed by atoms with Crippen LogP contribution in [-0.2, 0) is 39.9 Å². The van der Waals surface area contributed by atoms with Gasteiger partial charge in [-0.25, -0.2) is 0 Å². The average Bonchev–Trinajstić information content (AvgIpc) is 2.74. The number of ether oxygens (including phenoxy) is 5. The summed E-state index contributed by atoms with van der Waals surface area (Å²) in [6.45, 7) is 11.0. The summed E-state index contributed by atoms with van der Waals surface area (Å²) in [5, 5.41) is 7.30. The van der Waals surface area contributed by atoms with E-state index in [9.17, 15) is 22.8 Å². The summed E-state index contributed by atoms with van der Waals surface area (Å²) in [6.07, 6.45) is -12.0. The molecule has 2 rings (SSSR count). The molecule has 1 unspecified atom stereocenters. The Balaban J connectivity index is 2.48. The van der Waals surface area contributed by atoms with Gasteiger partial charge in [0.25, 0.3) is 5.90 Å². The van der Waals surface area contributed by atoms with E-state index in [1.54, 1.807) is 71.9 Å². The van der Waals surface area contributed by atoms with Gasteiger partial charge in [0.15, 0.2) is 18.3 Å². The number of carbonyl (C=O) groups excluding carboxylic acids is 2. The molecule has 0 aliphatic carbocycles. The largest absolute Gasteiger partial charge is 0.467 e. The maximum Gasteiger partial charge on any atom is 0.467 e. The van der Waals surface area contributed by atoms with Crippen LogP contribution in [0.15, 0.2) is 30.3 Å². The second-order valence-corrected chi connectivity index (χ2v) is 10.7. The number of alkyl halides is 3. The van der Waals surface area contributed by atoms with Crippen molar-refractivity contribution in [2.45, 2.75) is 92.0 Å². The molecule has 1 aromatic rings. The van der Waals surface area contributed by atoms with Crippen molar-refractivity contribution in [3.63, 3.8) is 0 Å². The Labute approximate surface area is 208 Å². The van der Waals surface area contributed by atoms with Crippen LogP contribution in [0.3, 0.4) is 0 Å². The molecule has 1 aliphatic rings. The normalized spacial score (nSPS) is 25.1. The number of carbonyl (C=O) groups is 2. The fourth-order valence-electron chi connectivity index (χ4n) is 3.09. The first-order valence-corrected chi connectivity index (χ1v) is 11.5. The van der Waals surface area contributed by atoms with E-state index >= 15 is 0 Å². The molecule has 11 heteroatoms. The van der Waals surface area contributed by atoms with E-state index in [0.717, 1.165) is 0 Å². The van der Waals surface area contributed by atoms with E-state index in [2.05, 4.69) is 0 Å². The van der Waals surface area contributed by atoms with Crippen molar-refractivity contribution in [3.05, 3.63) is 35.9 Å². The number of esters is 2. The highest BCUT2D eigenvalue weighted by Gasteiger charge is 2.53. The summed E-state index contributed by atoms with van der Waals surface area (Å²) in [5.41, 5.74) is -1.24. The predicted molar refractivity (Wildman–Crippen MR) is 123 cm³/mol. The summed E-state index contributed by atoms with van der Waals surface area (Å²) in [4.78, 5) is 25.6. The van der Waals surface area contributed by atoms with Gasteiger partial charge in [-0.15, -0.1) is 0 Å². The second-order valence-electron chi connectivity index (χ2n) is 10.7. The van der Waals surface area contributed by atoms with Gasteiger partial charge in [-0.3, -0.25) is 15.0 Å². The van der Waals surface area contributed by atoms with Crippen LogP contribution in [0.25, 0.3) is 0 Å². The van der Waals surface area contributed by atoms with Crippen LogP contribution in [0.4, 0.5) is 13.2 Å². The number of rotatable bonds is 6. The first-order valence-electron chi connectivity index (χ1n) is 11.5. The first-order chi connectivity index (χ1) is 16.4. The third-order valence-corrected chi connectivity index (χ3v) is 5.22. The Bertz CT molecular complexity index is 922. The minimum Gasteiger partial charge on any atom is -0.455 e. The summed E-state index contributed by atoms with van der Waals surface area (Å²) in [5.74, 6) is -3.33. The molecule has 0 bridgehead atoms. The molecular weight excluding hydrogens is 483 g/mol.